The summed E-state index contributed by atoms with van der Waals surface area (Å²) in [7, 11) is 0. The van der Waals surface area contributed by atoms with Crippen molar-refractivity contribution in [3.63, 3.8) is 0 Å². The molecule has 0 amide bonds. The lowest BCUT2D eigenvalue weighted by molar-refractivity contribution is 0.163. The summed E-state index contributed by atoms with van der Waals surface area (Å²) in [5.74, 6) is 0. The number of rotatable bonds is 6. The molecule has 120 valence electrons. The molecule has 1 rings (SSSR count). The molecule has 21 heavy (non-hydrogen) atoms. The molecule has 0 spiro atoms. The first-order chi connectivity index (χ1) is 9.97. The van der Waals surface area contributed by atoms with Crippen molar-refractivity contribution in [3.8, 4) is 0 Å². The predicted octanol–water partition coefficient (Wildman–Crippen LogP) is 4.31. The van der Waals surface area contributed by atoms with Gasteiger partial charge in [-0.05, 0) is 64.8 Å². The Morgan fingerprint density at radius 1 is 1.33 bits per heavy atom. The van der Waals surface area contributed by atoms with E-state index in [0.717, 1.165) is 13.1 Å². The van der Waals surface area contributed by atoms with Gasteiger partial charge in [-0.25, -0.2) is 0 Å². The number of nitrogens with one attached hydrogen (secondary N) is 1. The lowest BCUT2D eigenvalue weighted by atomic mass is 9.84. The summed E-state index contributed by atoms with van der Waals surface area (Å²) in [6.07, 6.45) is 11.3. The number of likely N-dealkylation sites (N-methyl/N-ethyl adjacent to an activating group) is 1. The van der Waals surface area contributed by atoms with Crippen molar-refractivity contribution in [1.29, 1.82) is 0 Å². The number of piperidine rings is 1. The summed E-state index contributed by atoms with van der Waals surface area (Å²) in [4.78, 5) is 2.64. The van der Waals surface area contributed by atoms with Crippen molar-refractivity contribution in [1.82, 2.24) is 10.2 Å². The van der Waals surface area contributed by atoms with Gasteiger partial charge in [0.25, 0.3) is 0 Å². The van der Waals surface area contributed by atoms with Gasteiger partial charge in [0.2, 0.25) is 0 Å². The monoisotopic (exact) mass is 290 g/mol. The van der Waals surface area contributed by atoms with Gasteiger partial charge >= 0.3 is 0 Å². The van der Waals surface area contributed by atoms with Gasteiger partial charge in [0.15, 0.2) is 0 Å². The second kappa shape index (κ2) is 8.55. The van der Waals surface area contributed by atoms with Gasteiger partial charge in [0.1, 0.15) is 0 Å². The number of hydrogen-bond acceptors (Lipinski definition) is 2. The molecular formula is C19H34N2. The third-order valence-electron chi connectivity index (χ3n) is 4.31. The molecule has 0 aliphatic carbocycles. The van der Waals surface area contributed by atoms with Crippen LogP contribution in [0.2, 0.25) is 0 Å². The normalized spacial score (nSPS) is 25.2. The summed E-state index contributed by atoms with van der Waals surface area (Å²) in [6, 6.07) is 0.561. The molecule has 1 unspecified atom stereocenters. The van der Waals surface area contributed by atoms with Gasteiger partial charge in [-0.15, -0.1) is 0 Å². The highest BCUT2D eigenvalue weighted by atomic mass is 15.2. The molecule has 1 N–H and O–H groups in total. The summed E-state index contributed by atoms with van der Waals surface area (Å²) in [5, 5.41) is 3.68. The minimum absolute atomic E-state index is 0.222. The van der Waals surface area contributed by atoms with Crippen molar-refractivity contribution in [3.05, 3.63) is 35.5 Å². The highest BCUT2D eigenvalue weighted by Gasteiger charge is 2.33. The second-order valence-corrected chi connectivity index (χ2v) is 6.59. The molecule has 1 heterocycles. The van der Waals surface area contributed by atoms with Gasteiger partial charge in [-0.3, -0.25) is 4.90 Å². The average molecular weight is 290 g/mol. The molecule has 0 aromatic rings. The summed E-state index contributed by atoms with van der Waals surface area (Å²) in [5.41, 5.74) is 3.06. The van der Waals surface area contributed by atoms with Crippen molar-refractivity contribution >= 4 is 0 Å². The first-order valence-corrected chi connectivity index (χ1v) is 8.46. The Hall–Kier alpha value is -0.860. The molecule has 2 nitrogen and oxygen atoms in total. The molecular weight excluding hydrogens is 256 g/mol. The molecule has 0 aromatic carbocycles. The number of allylic oxidation sites excluding steroid dienone is 5. The highest BCUT2D eigenvalue weighted by Crippen LogP contribution is 2.27. The third-order valence-corrected chi connectivity index (χ3v) is 4.31. The van der Waals surface area contributed by atoms with Crippen molar-refractivity contribution in [2.75, 3.05) is 19.6 Å². The minimum atomic E-state index is 0.222. The second-order valence-electron chi connectivity index (χ2n) is 6.59. The number of nitrogens with zero attached hydrogens (tertiary/aromatic N) is 1. The van der Waals surface area contributed by atoms with Crippen LogP contribution < -0.4 is 5.32 Å². The van der Waals surface area contributed by atoms with Gasteiger partial charge in [-0.1, -0.05) is 38.2 Å². The van der Waals surface area contributed by atoms with Crippen LogP contribution in [-0.4, -0.2) is 36.1 Å². The van der Waals surface area contributed by atoms with Crippen LogP contribution in [0.25, 0.3) is 0 Å². The molecule has 1 aliphatic rings. The zero-order valence-electron chi connectivity index (χ0n) is 14.9. The largest absolute Gasteiger partial charge is 0.308 e. The Morgan fingerprint density at radius 2 is 2.05 bits per heavy atom. The average Bonchev–Trinajstić information content (AvgIpc) is 2.45. The smallest absolute Gasteiger partial charge is 0.0340 e. The van der Waals surface area contributed by atoms with Gasteiger partial charge < -0.3 is 5.32 Å². The molecule has 0 bridgehead atoms. The fourth-order valence-electron chi connectivity index (χ4n) is 3.11. The van der Waals surface area contributed by atoms with Crippen LogP contribution in [-0.2, 0) is 0 Å². The fourth-order valence-corrected chi connectivity index (χ4v) is 3.11. The molecule has 1 saturated heterocycles. The van der Waals surface area contributed by atoms with Crippen LogP contribution in [0.1, 0.15) is 54.4 Å². The minimum Gasteiger partial charge on any atom is -0.308 e. The van der Waals surface area contributed by atoms with Crippen LogP contribution in [0.15, 0.2) is 35.5 Å². The third kappa shape index (κ3) is 5.44. The van der Waals surface area contributed by atoms with E-state index in [4.69, 9.17) is 0 Å². The van der Waals surface area contributed by atoms with E-state index in [1.54, 1.807) is 0 Å². The van der Waals surface area contributed by atoms with E-state index in [-0.39, 0.29) is 5.54 Å². The first-order valence-electron chi connectivity index (χ1n) is 8.46. The van der Waals surface area contributed by atoms with Gasteiger partial charge in [0.05, 0.1) is 0 Å². The topological polar surface area (TPSA) is 15.3 Å². The summed E-state index contributed by atoms with van der Waals surface area (Å²) in [6.45, 7) is 16.7. The van der Waals surface area contributed by atoms with E-state index < -0.39 is 0 Å². The van der Waals surface area contributed by atoms with Crippen LogP contribution >= 0.6 is 0 Å². The van der Waals surface area contributed by atoms with E-state index >= 15 is 0 Å². The lowest BCUT2D eigenvalue weighted by Crippen LogP contribution is -2.54. The van der Waals surface area contributed by atoms with Crippen LogP contribution in [0.3, 0.4) is 0 Å². The quantitative estimate of drug-likeness (QED) is 0.733. The summed E-state index contributed by atoms with van der Waals surface area (Å²) < 4.78 is 0. The maximum absolute atomic E-state index is 3.68. The Morgan fingerprint density at radius 3 is 2.57 bits per heavy atom. The van der Waals surface area contributed by atoms with Crippen LogP contribution in [0.5, 0.6) is 0 Å². The zero-order valence-corrected chi connectivity index (χ0v) is 14.9. The first kappa shape index (κ1) is 18.2. The maximum Gasteiger partial charge on any atom is 0.0340 e. The molecule has 1 atom stereocenters. The SMILES string of the molecule is C\C=C/C(=C\C)/C=C1\CNC(C)(C)CC1N(CC)CCC. The zero-order chi connectivity index (χ0) is 15.9. The fraction of sp³-hybridized carbons (Fsp3) is 0.684. The van der Waals surface area contributed by atoms with Crippen LogP contribution in [0, 0.1) is 0 Å². The van der Waals surface area contributed by atoms with E-state index in [2.05, 4.69) is 76.1 Å². The van der Waals surface area contributed by atoms with E-state index in [1.807, 2.05) is 0 Å². The summed E-state index contributed by atoms with van der Waals surface area (Å²) >= 11 is 0. The Balaban J connectivity index is 3.05. The van der Waals surface area contributed by atoms with Crippen LogP contribution in [0.4, 0.5) is 0 Å². The van der Waals surface area contributed by atoms with Crippen molar-refractivity contribution in [2.45, 2.75) is 66.0 Å². The molecule has 0 saturated carbocycles. The van der Waals surface area contributed by atoms with Gasteiger partial charge in [0, 0.05) is 18.1 Å². The van der Waals surface area contributed by atoms with E-state index in [0.29, 0.717) is 6.04 Å². The molecule has 2 heteroatoms. The van der Waals surface area contributed by atoms with Crippen molar-refractivity contribution < 1.29 is 0 Å². The van der Waals surface area contributed by atoms with Gasteiger partial charge in [-0.2, -0.15) is 0 Å². The van der Waals surface area contributed by atoms with Crippen molar-refractivity contribution in [2.24, 2.45) is 0 Å². The molecule has 0 radical (unpaired) electrons. The number of hydrogen-bond donors (Lipinski definition) is 1. The maximum atomic E-state index is 3.68. The predicted molar refractivity (Wildman–Crippen MR) is 94.7 cm³/mol. The molecule has 1 aliphatic heterocycles. The highest BCUT2D eigenvalue weighted by molar-refractivity contribution is 5.36. The van der Waals surface area contributed by atoms with E-state index in [9.17, 15) is 0 Å². The van der Waals surface area contributed by atoms with E-state index in [1.165, 1.54) is 30.5 Å². The Kier molecular flexibility index (Phi) is 7.41. The Labute approximate surface area is 132 Å². The Bertz CT molecular complexity index is 402. The standard InChI is InChI=1S/C19H34N2/c1-7-11-16(9-3)13-17-15-20-19(5,6)14-18(17)21(10-4)12-8-2/h7,9,11,13,18,20H,8,10,12,14-15H2,1-6H3/b11-7-,16-9+,17-13+. The lowest BCUT2D eigenvalue weighted by Gasteiger charge is -2.43. The molecule has 0 aromatic heterocycles. The molecule has 1 fully saturated rings.